The molecule has 8 heteroatoms. The zero-order valence-corrected chi connectivity index (χ0v) is 18.5. The second kappa shape index (κ2) is 23.1. The van der Waals surface area contributed by atoms with Crippen molar-refractivity contribution in [3.63, 3.8) is 0 Å². The van der Waals surface area contributed by atoms with Crippen LogP contribution in [0.5, 0.6) is 0 Å². The van der Waals surface area contributed by atoms with Gasteiger partial charge in [0.1, 0.15) is 0 Å². The van der Waals surface area contributed by atoms with E-state index in [2.05, 4.69) is 17.6 Å². The summed E-state index contributed by atoms with van der Waals surface area (Å²) in [5, 5.41) is 5.61. The molecule has 0 atom stereocenters. The smallest absolute Gasteiger partial charge is 0.220 e. The van der Waals surface area contributed by atoms with Gasteiger partial charge in [-0.25, -0.2) is 0 Å². The first-order chi connectivity index (χ1) is 14.2. The van der Waals surface area contributed by atoms with Crippen LogP contribution in [0.2, 0.25) is 0 Å². The molecule has 0 unspecified atom stereocenters. The van der Waals surface area contributed by atoms with E-state index in [0.717, 1.165) is 19.3 Å². The van der Waals surface area contributed by atoms with Crippen LogP contribution in [0, 0.1) is 0 Å². The number of hydrogen-bond donors (Lipinski definition) is 2. The standard InChI is InChI=1S/C21H42N2O6/c1-3-5-6-7-9-21(25)23-11-13-27-15-17-29-19-18-28-16-14-26-12-8-10-20(24)22-4-2/h3-19H2,1-2H3,(H,22,24)(H,23,25). The van der Waals surface area contributed by atoms with Crippen LogP contribution in [-0.2, 0) is 28.5 Å². The molecule has 0 aliphatic rings. The van der Waals surface area contributed by atoms with E-state index < -0.39 is 0 Å². The van der Waals surface area contributed by atoms with Crippen LogP contribution in [0.1, 0.15) is 58.8 Å². The second-order valence-electron chi connectivity index (χ2n) is 6.67. The van der Waals surface area contributed by atoms with Crippen molar-refractivity contribution in [3.05, 3.63) is 0 Å². The molecule has 0 aliphatic carbocycles. The monoisotopic (exact) mass is 418 g/mol. The highest BCUT2D eigenvalue weighted by molar-refractivity contribution is 5.76. The molecule has 0 spiro atoms. The van der Waals surface area contributed by atoms with Gasteiger partial charge in [0.05, 0.1) is 46.2 Å². The minimum absolute atomic E-state index is 0.0658. The van der Waals surface area contributed by atoms with E-state index in [9.17, 15) is 9.59 Å². The van der Waals surface area contributed by atoms with Gasteiger partial charge in [0.2, 0.25) is 11.8 Å². The summed E-state index contributed by atoms with van der Waals surface area (Å²) in [5.41, 5.74) is 0. The molecular weight excluding hydrogens is 376 g/mol. The van der Waals surface area contributed by atoms with Crippen LogP contribution in [-0.4, -0.2) is 77.8 Å². The lowest BCUT2D eigenvalue weighted by Crippen LogP contribution is -2.27. The van der Waals surface area contributed by atoms with E-state index in [0.29, 0.717) is 78.8 Å². The predicted octanol–water partition coefficient (Wildman–Crippen LogP) is 2.06. The van der Waals surface area contributed by atoms with Gasteiger partial charge in [0.25, 0.3) is 0 Å². The molecule has 0 aromatic heterocycles. The van der Waals surface area contributed by atoms with Crippen LogP contribution in [0.15, 0.2) is 0 Å². The molecule has 0 aromatic rings. The molecule has 0 aliphatic heterocycles. The summed E-state index contributed by atoms with van der Waals surface area (Å²) in [6, 6.07) is 0. The zero-order valence-electron chi connectivity index (χ0n) is 18.5. The molecule has 8 nitrogen and oxygen atoms in total. The largest absolute Gasteiger partial charge is 0.379 e. The van der Waals surface area contributed by atoms with Crippen molar-refractivity contribution in [1.29, 1.82) is 0 Å². The highest BCUT2D eigenvalue weighted by atomic mass is 16.6. The first kappa shape index (κ1) is 27.8. The van der Waals surface area contributed by atoms with Gasteiger partial charge in [-0.15, -0.1) is 0 Å². The van der Waals surface area contributed by atoms with Crippen molar-refractivity contribution in [2.45, 2.75) is 58.8 Å². The number of unbranched alkanes of at least 4 members (excludes halogenated alkanes) is 3. The number of rotatable bonds is 22. The minimum atomic E-state index is 0.0658. The molecule has 29 heavy (non-hydrogen) atoms. The van der Waals surface area contributed by atoms with E-state index >= 15 is 0 Å². The summed E-state index contributed by atoms with van der Waals surface area (Å²) in [6.45, 7) is 9.38. The Morgan fingerprint density at radius 2 is 1.10 bits per heavy atom. The third kappa shape index (κ3) is 22.9. The number of ether oxygens (including phenoxy) is 4. The summed E-state index contributed by atoms with van der Waals surface area (Å²) < 4.78 is 21.6. The molecule has 172 valence electrons. The lowest BCUT2D eigenvalue weighted by molar-refractivity contribution is -0.122. The minimum Gasteiger partial charge on any atom is -0.379 e. The first-order valence-corrected chi connectivity index (χ1v) is 11.0. The van der Waals surface area contributed by atoms with Gasteiger partial charge in [-0.3, -0.25) is 9.59 Å². The van der Waals surface area contributed by atoms with E-state index in [1.165, 1.54) is 12.8 Å². The van der Waals surface area contributed by atoms with Crippen molar-refractivity contribution in [2.75, 3.05) is 65.9 Å². The maximum absolute atomic E-state index is 11.6. The number of hydrogen-bond acceptors (Lipinski definition) is 6. The fraction of sp³-hybridized carbons (Fsp3) is 0.905. The van der Waals surface area contributed by atoms with E-state index in [1.54, 1.807) is 0 Å². The summed E-state index contributed by atoms with van der Waals surface area (Å²) in [6.07, 6.45) is 6.27. The van der Waals surface area contributed by atoms with Crippen molar-refractivity contribution in [2.24, 2.45) is 0 Å². The average molecular weight is 419 g/mol. The molecule has 0 bridgehead atoms. The molecule has 0 saturated heterocycles. The normalized spacial score (nSPS) is 10.8. The third-order valence-electron chi connectivity index (χ3n) is 4.01. The maximum atomic E-state index is 11.6. The molecule has 0 heterocycles. The van der Waals surface area contributed by atoms with Crippen LogP contribution in [0.25, 0.3) is 0 Å². The van der Waals surface area contributed by atoms with Gasteiger partial charge in [-0.1, -0.05) is 26.2 Å². The Morgan fingerprint density at radius 3 is 1.69 bits per heavy atom. The topological polar surface area (TPSA) is 95.1 Å². The zero-order chi connectivity index (χ0) is 21.4. The molecule has 0 saturated carbocycles. The highest BCUT2D eigenvalue weighted by Crippen LogP contribution is 2.01. The van der Waals surface area contributed by atoms with Gasteiger partial charge >= 0.3 is 0 Å². The van der Waals surface area contributed by atoms with Crippen molar-refractivity contribution in [1.82, 2.24) is 10.6 Å². The van der Waals surface area contributed by atoms with Gasteiger partial charge < -0.3 is 29.6 Å². The number of carbonyl (C=O) groups excluding carboxylic acids is 2. The van der Waals surface area contributed by atoms with E-state index in [1.807, 2.05) is 6.92 Å². The summed E-state index contributed by atoms with van der Waals surface area (Å²) >= 11 is 0. The van der Waals surface area contributed by atoms with Crippen molar-refractivity contribution in [3.8, 4) is 0 Å². The summed E-state index contributed by atoms with van der Waals surface area (Å²) in [5.74, 6) is 0.167. The van der Waals surface area contributed by atoms with Gasteiger partial charge in [0, 0.05) is 32.5 Å². The quantitative estimate of drug-likeness (QED) is 0.261. The fourth-order valence-corrected chi connectivity index (χ4v) is 2.45. The van der Waals surface area contributed by atoms with Crippen LogP contribution < -0.4 is 10.6 Å². The SMILES string of the molecule is CCCCCCC(=O)NCCOCCOCCOCCOCCCC(=O)NCC. The molecule has 0 aromatic carbocycles. The average Bonchev–Trinajstić information content (AvgIpc) is 2.71. The van der Waals surface area contributed by atoms with Crippen molar-refractivity contribution >= 4 is 11.8 Å². The Hall–Kier alpha value is -1.22. The lowest BCUT2D eigenvalue weighted by atomic mass is 10.1. The van der Waals surface area contributed by atoms with Gasteiger partial charge in [0.15, 0.2) is 0 Å². The lowest BCUT2D eigenvalue weighted by Gasteiger charge is -2.08. The molecule has 0 fully saturated rings. The van der Waals surface area contributed by atoms with Crippen LogP contribution in [0.4, 0.5) is 0 Å². The first-order valence-electron chi connectivity index (χ1n) is 11.0. The predicted molar refractivity (Wildman–Crippen MR) is 113 cm³/mol. The Morgan fingerprint density at radius 1 is 0.586 bits per heavy atom. The van der Waals surface area contributed by atoms with Gasteiger partial charge in [-0.05, 0) is 19.8 Å². The summed E-state index contributed by atoms with van der Waals surface area (Å²) in [4.78, 5) is 22.8. The number of amides is 2. The maximum Gasteiger partial charge on any atom is 0.220 e. The Bertz CT molecular complexity index is 382. The molecule has 2 N–H and O–H groups in total. The van der Waals surface area contributed by atoms with E-state index in [-0.39, 0.29) is 11.8 Å². The molecule has 0 rings (SSSR count). The molecule has 2 amide bonds. The van der Waals surface area contributed by atoms with Crippen LogP contribution >= 0.6 is 0 Å². The van der Waals surface area contributed by atoms with Gasteiger partial charge in [-0.2, -0.15) is 0 Å². The number of nitrogens with one attached hydrogen (secondary N) is 2. The second-order valence-corrected chi connectivity index (χ2v) is 6.67. The Labute approximate surface area is 176 Å². The molecular formula is C21H42N2O6. The summed E-state index contributed by atoms with van der Waals surface area (Å²) in [7, 11) is 0. The molecule has 0 radical (unpaired) electrons. The third-order valence-corrected chi connectivity index (χ3v) is 4.01. The van der Waals surface area contributed by atoms with Crippen molar-refractivity contribution < 1.29 is 28.5 Å². The van der Waals surface area contributed by atoms with Crippen LogP contribution in [0.3, 0.4) is 0 Å². The highest BCUT2D eigenvalue weighted by Gasteiger charge is 2.00. The number of carbonyl (C=O) groups is 2. The van der Waals surface area contributed by atoms with E-state index in [4.69, 9.17) is 18.9 Å². The Balaban J connectivity index is 3.13. The Kier molecular flexibility index (Phi) is 22.1. The fourth-order valence-electron chi connectivity index (χ4n) is 2.45.